The van der Waals surface area contributed by atoms with Gasteiger partial charge in [0.05, 0.1) is 5.41 Å². The molecule has 1 aliphatic rings. The van der Waals surface area contributed by atoms with Crippen molar-refractivity contribution in [3.63, 3.8) is 0 Å². The van der Waals surface area contributed by atoms with Crippen LogP contribution >= 0.6 is 0 Å². The molecule has 7 nitrogen and oxygen atoms in total. The monoisotopic (exact) mass is 266 g/mol. The zero-order valence-electron chi connectivity index (χ0n) is 11.1. The van der Waals surface area contributed by atoms with Gasteiger partial charge in [0.2, 0.25) is 0 Å². The second kappa shape index (κ2) is 4.91. The van der Waals surface area contributed by atoms with Gasteiger partial charge in [0.25, 0.3) is 0 Å². The SMILES string of the molecule is Cc1cc(NC(=O)NCC2(C(=O)O)CCC2)nn1C. The van der Waals surface area contributed by atoms with Gasteiger partial charge in [-0.15, -0.1) is 0 Å². The normalized spacial score (nSPS) is 16.5. The number of aliphatic carboxylic acids is 1. The van der Waals surface area contributed by atoms with Gasteiger partial charge in [-0.25, -0.2) is 4.79 Å². The van der Waals surface area contributed by atoms with Gasteiger partial charge in [-0.3, -0.25) is 14.8 Å². The Hall–Kier alpha value is -2.05. The second-order valence-electron chi connectivity index (χ2n) is 5.04. The Labute approximate surface area is 111 Å². The maximum absolute atomic E-state index is 11.7. The van der Waals surface area contributed by atoms with Crippen LogP contribution in [0.25, 0.3) is 0 Å². The molecule has 104 valence electrons. The van der Waals surface area contributed by atoms with Crippen LogP contribution in [0.3, 0.4) is 0 Å². The van der Waals surface area contributed by atoms with Gasteiger partial charge >= 0.3 is 12.0 Å². The maximum atomic E-state index is 11.7. The average molecular weight is 266 g/mol. The molecule has 0 atom stereocenters. The molecule has 1 aromatic rings. The standard InChI is InChI=1S/C12H18N4O3/c1-8-6-9(15-16(8)2)14-11(19)13-7-12(10(17)18)4-3-5-12/h6H,3-5,7H2,1-2H3,(H,17,18)(H2,13,14,15,19). The lowest BCUT2D eigenvalue weighted by Crippen LogP contribution is -2.48. The largest absolute Gasteiger partial charge is 0.481 e. The lowest BCUT2D eigenvalue weighted by atomic mass is 9.69. The second-order valence-corrected chi connectivity index (χ2v) is 5.04. The van der Waals surface area contributed by atoms with Crippen LogP contribution in [0.5, 0.6) is 0 Å². The first-order chi connectivity index (χ1) is 8.93. The summed E-state index contributed by atoms with van der Waals surface area (Å²) in [5.74, 6) is -0.386. The van der Waals surface area contributed by atoms with Crippen molar-refractivity contribution in [3.05, 3.63) is 11.8 Å². The van der Waals surface area contributed by atoms with Crippen LogP contribution in [0.1, 0.15) is 25.0 Å². The Kier molecular flexibility index (Phi) is 3.46. The number of carboxylic acids is 1. The first-order valence-corrected chi connectivity index (χ1v) is 6.22. The molecule has 3 N–H and O–H groups in total. The smallest absolute Gasteiger partial charge is 0.320 e. The summed E-state index contributed by atoms with van der Waals surface area (Å²) in [7, 11) is 1.78. The number of aromatic nitrogens is 2. The highest BCUT2D eigenvalue weighted by Gasteiger charge is 2.44. The minimum atomic E-state index is -0.840. The Morgan fingerprint density at radius 1 is 1.53 bits per heavy atom. The van der Waals surface area contributed by atoms with Gasteiger partial charge < -0.3 is 10.4 Å². The van der Waals surface area contributed by atoms with E-state index < -0.39 is 17.4 Å². The summed E-state index contributed by atoms with van der Waals surface area (Å²) in [4.78, 5) is 22.8. The molecule has 0 aliphatic heterocycles. The third kappa shape index (κ3) is 2.69. The minimum Gasteiger partial charge on any atom is -0.481 e. The predicted octanol–water partition coefficient (Wildman–Crippen LogP) is 1.10. The summed E-state index contributed by atoms with van der Waals surface area (Å²) >= 11 is 0. The number of hydrogen-bond donors (Lipinski definition) is 3. The Bertz CT molecular complexity index is 486. The van der Waals surface area contributed by atoms with Gasteiger partial charge in [0.15, 0.2) is 5.82 Å². The van der Waals surface area contributed by atoms with E-state index >= 15 is 0 Å². The van der Waals surface area contributed by atoms with E-state index in [4.69, 9.17) is 5.11 Å². The highest BCUT2D eigenvalue weighted by molar-refractivity contribution is 5.88. The summed E-state index contributed by atoms with van der Waals surface area (Å²) in [5, 5.41) is 18.4. The fraction of sp³-hybridized carbons (Fsp3) is 0.583. The van der Waals surface area contributed by atoms with E-state index in [0.717, 1.165) is 12.1 Å². The van der Waals surface area contributed by atoms with E-state index in [-0.39, 0.29) is 6.54 Å². The number of nitrogens with one attached hydrogen (secondary N) is 2. The molecule has 2 amide bonds. The molecule has 2 rings (SSSR count). The summed E-state index contributed by atoms with van der Waals surface area (Å²) in [5.41, 5.74) is 0.147. The summed E-state index contributed by atoms with van der Waals surface area (Å²) in [6.07, 6.45) is 2.13. The number of nitrogens with zero attached hydrogens (tertiary/aromatic N) is 2. The summed E-state index contributed by atoms with van der Waals surface area (Å²) in [6, 6.07) is 1.32. The number of carbonyl (C=O) groups is 2. The molecule has 0 spiro atoms. The molecule has 1 heterocycles. The predicted molar refractivity (Wildman–Crippen MR) is 68.9 cm³/mol. The van der Waals surface area contributed by atoms with E-state index in [1.54, 1.807) is 17.8 Å². The Balaban J connectivity index is 1.86. The van der Waals surface area contributed by atoms with Crippen LogP contribution < -0.4 is 10.6 Å². The van der Waals surface area contributed by atoms with E-state index in [0.29, 0.717) is 18.7 Å². The zero-order chi connectivity index (χ0) is 14.0. The van der Waals surface area contributed by atoms with E-state index in [2.05, 4.69) is 15.7 Å². The molecule has 1 aromatic heterocycles. The molecular formula is C12H18N4O3. The van der Waals surface area contributed by atoms with E-state index in [1.165, 1.54) is 0 Å². The number of rotatable bonds is 4. The van der Waals surface area contributed by atoms with E-state index in [9.17, 15) is 9.59 Å². The van der Waals surface area contributed by atoms with Crippen molar-refractivity contribution in [1.82, 2.24) is 15.1 Å². The van der Waals surface area contributed by atoms with Crippen molar-refractivity contribution < 1.29 is 14.7 Å². The third-order valence-corrected chi connectivity index (χ3v) is 3.71. The quantitative estimate of drug-likeness (QED) is 0.760. The van der Waals surface area contributed by atoms with Gasteiger partial charge in [-0.05, 0) is 19.8 Å². The van der Waals surface area contributed by atoms with Crippen molar-refractivity contribution in [1.29, 1.82) is 0 Å². The number of hydrogen-bond acceptors (Lipinski definition) is 3. The number of amides is 2. The summed E-state index contributed by atoms with van der Waals surface area (Å²) < 4.78 is 1.65. The zero-order valence-corrected chi connectivity index (χ0v) is 11.1. The van der Waals surface area contributed by atoms with Crippen LogP contribution in [0.2, 0.25) is 0 Å². The minimum absolute atomic E-state index is 0.153. The molecule has 0 bridgehead atoms. The Morgan fingerprint density at radius 3 is 2.63 bits per heavy atom. The van der Waals surface area contributed by atoms with Crippen molar-refractivity contribution >= 4 is 17.8 Å². The molecule has 1 saturated carbocycles. The molecule has 0 aromatic carbocycles. The molecule has 7 heteroatoms. The highest BCUT2D eigenvalue weighted by atomic mass is 16.4. The number of aryl methyl sites for hydroxylation is 2. The van der Waals surface area contributed by atoms with Crippen molar-refractivity contribution in [3.8, 4) is 0 Å². The fourth-order valence-corrected chi connectivity index (χ4v) is 2.10. The molecule has 0 unspecified atom stereocenters. The topological polar surface area (TPSA) is 96.2 Å². The highest BCUT2D eigenvalue weighted by Crippen LogP contribution is 2.40. The average Bonchev–Trinajstić information content (AvgIpc) is 2.55. The molecule has 19 heavy (non-hydrogen) atoms. The van der Waals surface area contributed by atoms with Gasteiger partial charge in [0, 0.05) is 25.4 Å². The van der Waals surface area contributed by atoms with Crippen LogP contribution in [0.4, 0.5) is 10.6 Å². The first-order valence-electron chi connectivity index (χ1n) is 6.22. The molecule has 1 aliphatic carbocycles. The van der Waals surface area contributed by atoms with Crippen LogP contribution in [0, 0.1) is 12.3 Å². The first kappa shape index (κ1) is 13.4. The molecule has 0 saturated heterocycles. The molecule has 0 radical (unpaired) electrons. The lowest BCUT2D eigenvalue weighted by Gasteiger charge is -2.37. The van der Waals surface area contributed by atoms with Crippen molar-refractivity contribution in [2.75, 3.05) is 11.9 Å². The third-order valence-electron chi connectivity index (χ3n) is 3.71. The Morgan fingerprint density at radius 2 is 2.21 bits per heavy atom. The summed E-state index contributed by atoms with van der Waals surface area (Å²) in [6.45, 7) is 2.03. The van der Waals surface area contributed by atoms with Gasteiger partial charge in [0.1, 0.15) is 0 Å². The number of urea groups is 1. The molecular weight excluding hydrogens is 248 g/mol. The maximum Gasteiger partial charge on any atom is 0.320 e. The van der Waals surface area contributed by atoms with Gasteiger partial charge in [-0.2, -0.15) is 5.10 Å². The van der Waals surface area contributed by atoms with Crippen molar-refractivity contribution in [2.45, 2.75) is 26.2 Å². The number of anilines is 1. The molecule has 1 fully saturated rings. The van der Waals surface area contributed by atoms with Crippen LogP contribution in [-0.2, 0) is 11.8 Å². The van der Waals surface area contributed by atoms with E-state index in [1.807, 2.05) is 6.92 Å². The number of carboxylic acid groups (broad SMARTS) is 1. The van der Waals surface area contributed by atoms with Crippen LogP contribution in [0.15, 0.2) is 6.07 Å². The van der Waals surface area contributed by atoms with Gasteiger partial charge in [-0.1, -0.05) is 6.42 Å². The van der Waals surface area contributed by atoms with Crippen molar-refractivity contribution in [2.24, 2.45) is 12.5 Å². The lowest BCUT2D eigenvalue weighted by molar-refractivity contribution is -0.153. The number of carbonyl (C=O) groups excluding carboxylic acids is 1. The van der Waals surface area contributed by atoms with Crippen LogP contribution in [-0.4, -0.2) is 33.4 Å². The fourth-order valence-electron chi connectivity index (χ4n) is 2.10.